The molecular formula is C20H19NO3. The van der Waals surface area contributed by atoms with Gasteiger partial charge in [0.05, 0.1) is 5.92 Å². The van der Waals surface area contributed by atoms with Crippen molar-refractivity contribution in [1.82, 2.24) is 4.90 Å². The molecule has 0 unspecified atom stereocenters. The molecule has 0 fully saturated rings. The third kappa shape index (κ3) is 2.68. The minimum Gasteiger partial charge on any atom is -0.455 e. The number of rotatable bonds is 3. The van der Waals surface area contributed by atoms with Gasteiger partial charge >= 0.3 is 5.97 Å². The fourth-order valence-corrected chi connectivity index (χ4v) is 3.50. The second-order valence-electron chi connectivity index (χ2n) is 6.40. The molecule has 1 heterocycles. The summed E-state index contributed by atoms with van der Waals surface area (Å²) in [6, 6.07) is 16.0. The van der Waals surface area contributed by atoms with E-state index in [2.05, 4.69) is 6.07 Å². The van der Waals surface area contributed by atoms with Crippen molar-refractivity contribution in [3.8, 4) is 0 Å². The van der Waals surface area contributed by atoms with Gasteiger partial charge in [-0.05, 0) is 35.1 Å². The van der Waals surface area contributed by atoms with E-state index in [-0.39, 0.29) is 24.4 Å². The number of hydrogen-bond donors (Lipinski definition) is 0. The molecule has 2 aromatic rings. The van der Waals surface area contributed by atoms with Gasteiger partial charge in [0.15, 0.2) is 6.61 Å². The van der Waals surface area contributed by atoms with Crippen LogP contribution >= 0.6 is 0 Å². The van der Waals surface area contributed by atoms with E-state index in [1.807, 2.05) is 42.5 Å². The molecule has 0 aromatic heterocycles. The summed E-state index contributed by atoms with van der Waals surface area (Å²) in [6.45, 7) is 1.11. The first-order valence-corrected chi connectivity index (χ1v) is 8.31. The summed E-state index contributed by atoms with van der Waals surface area (Å²) in [7, 11) is 0. The highest BCUT2D eigenvalue weighted by molar-refractivity contribution is 5.85. The summed E-state index contributed by atoms with van der Waals surface area (Å²) in [4.78, 5) is 26.3. The summed E-state index contributed by atoms with van der Waals surface area (Å²) in [6.07, 6.45) is 1.56. The van der Waals surface area contributed by atoms with Gasteiger partial charge in [0.25, 0.3) is 5.91 Å². The number of hydrogen-bond acceptors (Lipinski definition) is 3. The number of carbonyl (C=O) groups excluding carboxylic acids is 2. The number of carbonyl (C=O) groups is 2. The van der Waals surface area contributed by atoms with Gasteiger partial charge in [-0.2, -0.15) is 0 Å². The largest absolute Gasteiger partial charge is 0.455 e. The van der Waals surface area contributed by atoms with Gasteiger partial charge in [-0.3, -0.25) is 9.59 Å². The molecule has 0 saturated carbocycles. The zero-order valence-corrected chi connectivity index (χ0v) is 13.4. The molecule has 0 N–H and O–H groups in total. The summed E-state index contributed by atoms with van der Waals surface area (Å²) in [5.74, 6) is -0.624. The van der Waals surface area contributed by atoms with Crippen LogP contribution in [-0.2, 0) is 33.7 Å². The van der Waals surface area contributed by atoms with E-state index in [0.29, 0.717) is 19.5 Å². The first-order chi connectivity index (χ1) is 11.7. The lowest BCUT2D eigenvalue weighted by atomic mass is 9.78. The number of fused-ring (bicyclic) bond motifs is 2. The Morgan fingerprint density at radius 1 is 1.00 bits per heavy atom. The van der Waals surface area contributed by atoms with E-state index in [1.165, 1.54) is 16.7 Å². The summed E-state index contributed by atoms with van der Waals surface area (Å²) in [5.41, 5.74) is 4.70. The molecule has 2 aromatic carbocycles. The van der Waals surface area contributed by atoms with Crippen molar-refractivity contribution in [2.75, 3.05) is 13.2 Å². The van der Waals surface area contributed by atoms with Crippen molar-refractivity contribution in [3.05, 3.63) is 70.8 Å². The minimum atomic E-state index is -0.292. The molecule has 0 spiro atoms. The quantitative estimate of drug-likeness (QED) is 0.816. The van der Waals surface area contributed by atoms with Crippen LogP contribution < -0.4 is 0 Å². The molecule has 122 valence electrons. The van der Waals surface area contributed by atoms with E-state index in [4.69, 9.17) is 4.74 Å². The zero-order valence-electron chi connectivity index (χ0n) is 13.4. The van der Waals surface area contributed by atoms with Crippen molar-refractivity contribution >= 4 is 11.9 Å². The number of nitrogens with zero attached hydrogens (tertiary/aromatic N) is 1. The van der Waals surface area contributed by atoms with E-state index in [1.54, 1.807) is 4.90 Å². The second-order valence-corrected chi connectivity index (χ2v) is 6.40. The fourth-order valence-electron chi connectivity index (χ4n) is 3.50. The molecule has 1 aliphatic heterocycles. The first kappa shape index (κ1) is 14.9. The SMILES string of the molecule is O=C(OCC(=O)N1CCc2ccccc2C1)[C@@H]1Cc2ccccc21. The van der Waals surface area contributed by atoms with Crippen LogP contribution in [0.5, 0.6) is 0 Å². The lowest BCUT2D eigenvalue weighted by molar-refractivity contribution is -0.154. The van der Waals surface area contributed by atoms with Crippen molar-refractivity contribution in [1.29, 1.82) is 0 Å². The Morgan fingerprint density at radius 3 is 2.50 bits per heavy atom. The van der Waals surface area contributed by atoms with Crippen molar-refractivity contribution < 1.29 is 14.3 Å². The normalized spacial score (nSPS) is 18.2. The summed E-state index contributed by atoms with van der Waals surface area (Å²) >= 11 is 0. The Balaban J connectivity index is 1.32. The zero-order chi connectivity index (χ0) is 16.5. The van der Waals surface area contributed by atoms with Crippen LogP contribution in [0.4, 0.5) is 0 Å². The van der Waals surface area contributed by atoms with Gasteiger partial charge in [-0.15, -0.1) is 0 Å². The van der Waals surface area contributed by atoms with Crippen molar-refractivity contribution in [3.63, 3.8) is 0 Å². The van der Waals surface area contributed by atoms with Gasteiger partial charge in [0.2, 0.25) is 0 Å². The summed E-state index contributed by atoms with van der Waals surface area (Å²) in [5, 5.41) is 0. The van der Waals surface area contributed by atoms with Crippen LogP contribution in [0.3, 0.4) is 0 Å². The van der Waals surface area contributed by atoms with Gasteiger partial charge in [-0.1, -0.05) is 48.5 Å². The maximum Gasteiger partial charge on any atom is 0.314 e. The van der Waals surface area contributed by atoms with Crippen molar-refractivity contribution in [2.24, 2.45) is 0 Å². The molecule has 4 nitrogen and oxygen atoms in total. The Kier molecular flexibility index (Phi) is 3.81. The summed E-state index contributed by atoms with van der Waals surface area (Å²) < 4.78 is 5.28. The topological polar surface area (TPSA) is 46.6 Å². The van der Waals surface area contributed by atoms with Crippen molar-refractivity contribution in [2.45, 2.75) is 25.3 Å². The van der Waals surface area contributed by atoms with Crippen LogP contribution in [0.15, 0.2) is 48.5 Å². The lowest BCUT2D eigenvalue weighted by Gasteiger charge is -2.30. The van der Waals surface area contributed by atoms with Gasteiger partial charge in [-0.25, -0.2) is 0 Å². The van der Waals surface area contributed by atoms with Crippen LogP contribution in [0, 0.1) is 0 Å². The highest BCUT2D eigenvalue weighted by Crippen LogP contribution is 2.35. The minimum absolute atomic E-state index is 0.120. The molecule has 2 aliphatic rings. The fraction of sp³-hybridized carbons (Fsp3) is 0.300. The molecule has 0 saturated heterocycles. The number of amides is 1. The highest BCUT2D eigenvalue weighted by atomic mass is 16.5. The molecule has 1 aliphatic carbocycles. The predicted molar refractivity (Wildman–Crippen MR) is 89.4 cm³/mol. The molecule has 24 heavy (non-hydrogen) atoms. The average Bonchev–Trinajstić information content (AvgIpc) is 2.60. The third-order valence-electron chi connectivity index (χ3n) is 4.96. The van der Waals surface area contributed by atoms with Gasteiger partial charge in [0.1, 0.15) is 0 Å². The molecule has 0 bridgehead atoms. The average molecular weight is 321 g/mol. The smallest absolute Gasteiger partial charge is 0.314 e. The number of esters is 1. The first-order valence-electron chi connectivity index (χ1n) is 8.31. The Morgan fingerprint density at radius 2 is 1.71 bits per heavy atom. The van der Waals surface area contributed by atoms with E-state index < -0.39 is 0 Å². The monoisotopic (exact) mass is 321 g/mol. The maximum atomic E-state index is 12.3. The van der Waals surface area contributed by atoms with Gasteiger partial charge in [0, 0.05) is 13.1 Å². The molecule has 4 heteroatoms. The van der Waals surface area contributed by atoms with Crippen LogP contribution in [0.25, 0.3) is 0 Å². The Bertz CT molecular complexity index is 799. The molecule has 4 rings (SSSR count). The number of ether oxygens (including phenoxy) is 1. The van der Waals surface area contributed by atoms with Gasteiger partial charge < -0.3 is 9.64 Å². The molecule has 1 amide bonds. The van der Waals surface area contributed by atoms with E-state index in [0.717, 1.165) is 12.0 Å². The Labute approximate surface area is 141 Å². The molecule has 1 atom stereocenters. The number of benzene rings is 2. The maximum absolute atomic E-state index is 12.3. The van der Waals surface area contributed by atoms with E-state index in [9.17, 15) is 9.59 Å². The standard InChI is InChI=1S/C20H19NO3/c22-19(21-10-9-14-5-1-2-7-16(14)12-21)13-24-20(23)18-11-15-6-3-4-8-17(15)18/h1-8,18H,9-13H2/t18-/m1/s1. The highest BCUT2D eigenvalue weighted by Gasteiger charge is 2.33. The molecule has 0 radical (unpaired) electrons. The van der Waals surface area contributed by atoms with Crippen LogP contribution in [0.1, 0.15) is 28.2 Å². The van der Waals surface area contributed by atoms with Crippen LogP contribution in [0.2, 0.25) is 0 Å². The van der Waals surface area contributed by atoms with Crippen LogP contribution in [-0.4, -0.2) is 29.9 Å². The molecular weight excluding hydrogens is 302 g/mol. The second kappa shape index (κ2) is 6.11. The predicted octanol–water partition coefficient (Wildman–Crippen LogP) is 2.45. The Hall–Kier alpha value is -2.62. The van der Waals surface area contributed by atoms with E-state index >= 15 is 0 Å². The lowest BCUT2D eigenvalue weighted by Crippen LogP contribution is -2.39. The third-order valence-corrected chi connectivity index (χ3v) is 4.96.